The molecule has 0 radical (unpaired) electrons. The van der Waals surface area contributed by atoms with E-state index in [0.29, 0.717) is 25.7 Å². The number of hydrogen-bond donors (Lipinski definition) is 1. The SMILES string of the molecule is CC1CCCCC1N(C)C(=O)N1CCOCC1CC(=O)O. The number of carboxylic acid groups (broad SMARTS) is 1. The molecule has 3 unspecified atom stereocenters. The molecule has 120 valence electrons. The molecule has 6 nitrogen and oxygen atoms in total. The van der Waals surface area contributed by atoms with E-state index in [2.05, 4.69) is 6.92 Å². The zero-order valence-electron chi connectivity index (χ0n) is 13.0. The Labute approximate surface area is 126 Å². The highest BCUT2D eigenvalue weighted by Gasteiger charge is 2.35. The zero-order valence-corrected chi connectivity index (χ0v) is 13.0. The van der Waals surface area contributed by atoms with Crippen molar-refractivity contribution in [2.75, 3.05) is 26.8 Å². The number of amides is 2. The molecule has 0 bridgehead atoms. The van der Waals surface area contributed by atoms with Crippen molar-refractivity contribution in [3.8, 4) is 0 Å². The van der Waals surface area contributed by atoms with Crippen molar-refractivity contribution in [2.45, 2.75) is 51.1 Å². The second-order valence-electron chi connectivity index (χ2n) is 6.24. The maximum absolute atomic E-state index is 12.7. The van der Waals surface area contributed by atoms with Crippen molar-refractivity contribution in [2.24, 2.45) is 5.92 Å². The Kier molecular flexibility index (Phi) is 5.45. The number of ether oxygens (including phenoxy) is 1. The average molecular weight is 298 g/mol. The lowest BCUT2D eigenvalue weighted by atomic mass is 9.85. The van der Waals surface area contributed by atoms with E-state index < -0.39 is 5.97 Å². The first kappa shape index (κ1) is 16.1. The van der Waals surface area contributed by atoms with Gasteiger partial charge in [-0.2, -0.15) is 0 Å². The molecule has 0 aromatic rings. The van der Waals surface area contributed by atoms with E-state index >= 15 is 0 Å². The molecule has 0 aromatic carbocycles. The summed E-state index contributed by atoms with van der Waals surface area (Å²) in [6, 6.07) is -0.145. The first-order valence-electron chi connectivity index (χ1n) is 7.83. The summed E-state index contributed by atoms with van der Waals surface area (Å²) in [5.41, 5.74) is 0. The number of rotatable bonds is 3. The molecule has 2 fully saturated rings. The predicted octanol–water partition coefficient (Wildman–Crippen LogP) is 1.79. The van der Waals surface area contributed by atoms with E-state index in [1.54, 1.807) is 4.90 Å². The Morgan fingerprint density at radius 2 is 2.05 bits per heavy atom. The van der Waals surface area contributed by atoms with Crippen molar-refractivity contribution >= 4 is 12.0 Å². The van der Waals surface area contributed by atoms with E-state index in [4.69, 9.17) is 9.84 Å². The van der Waals surface area contributed by atoms with Crippen LogP contribution in [0.1, 0.15) is 39.0 Å². The fourth-order valence-corrected chi connectivity index (χ4v) is 3.49. The number of carboxylic acids is 1. The van der Waals surface area contributed by atoms with Gasteiger partial charge in [-0.15, -0.1) is 0 Å². The van der Waals surface area contributed by atoms with Crippen molar-refractivity contribution < 1.29 is 19.4 Å². The monoisotopic (exact) mass is 298 g/mol. The molecule has 0 aromatic heterocycles. The van der Waals surface area contributed by atoms with E-state index in [-0.39, 0.29) is 24.5 Å². The molecule has 2 aliphatic rings. The molecular weight excluding hydrogens is 272 g/mol. The molecule has 6 heteroatoms. The fourth-order valence-electron chi connectivity index (χ4n) is 3.49. The summed E-state index contributed by atoms with van der Waals surface area (Å²) in [5.74, 6) is -0.386. The molecule has 1 saturated carbocycles. The number of carbonyl (C=O) groups excluding carboxylic acids is 1. The molecule has 1 aliphatic heterocycles. The number of urea groups is 1. The van der Waals surface area contributed by atoms with Gasteiger partial charge in [0.05, 0.1) is 25.7 Å². The van der Waals surface area contributed by atoms with Crippen LogP contribution in [0.25, 0.3) is 0 Å². The van der Waals surface area contributed by atoms with Crippen LogP contribution in [0.2, 0.25) is 0 Å². The third-order valence-electron chi connectivity index (χ3n) is 4.75. The smallest absolute Gasteiger partial charge is 0.320 e. The summed E-state index contributed by atoms with van der Waals surface area (Å²) in [4.78, 5) is 27.2. The number of aliphatic carboxylic acids is 1. The number of hydrogen-bond acceptors (Lipinski definition) is 3. The van der Waals surface area contributed by atoms with Crippen LogP contribution < -0.4 is 0 Å². The van der Waals surface area contributed by atoms with Crippen molar-refractivity contribution in [3.63, 3.8) is 0 Å². The Morgan fingerprint density at radius 1 is 1.33 bits per heavy atom. The van der Waals surface area contributed by atoms with Crippen LogP contribution in [0.3, 0.4) is 0 Å². The molecule has 1 heterocycles. The minimum Gasteiger partial charge on any atom is -0.481 e. The van der Waals surface area contributed by atoms with Gasteiger partial charge in [0.15, 0.2) is 0 Å². The van der Waals surface area contributed by atoms with Gasteiger partial charge in [-0.25, -0.2) is 4.79 Å². The van der Waals surface area contributed by atoms with Gasteiger partial charge in [0.1, 0.15) is 0 Å². The molecule has 0 spiro atoms. The quantitative estimate of drug-likeness (QED) is 0.862. The van der Waals surface area contributed by atoms with Gasteiger partial charge >= 0.3 is 12.0 Å². The van der Waals surface area contributed by atoms with Crippen LogP contribution in [0, 0.1) is 5.92 Å². The zero-order chi connectivity index (χ0) is 15.4. The van der Waals surface area contributed by atoms with E-state index in [0.717, 1.165) is 19.3 Å². The van der Waals surface area contributed by atoms with Crippen LogP contribution in [-0.4, -0.2) is 65.8 Å². The molecule has 1 N–H and O–H groups in total. The predicted molar refractivity (Wildman–Crippen MR) is 78.1 cm³/mol. The van der Waals surface area contributed by atoms with E-state index in [1.165, 1.54) is 6.42 Å². The van der Waals surface area contributed by atoms with Crippen LogP contribution in [-0.2, 0) is 9.53 Å². The number of nitrogens with zero attached hydrogens (tertiary/aromatic N) is 2. The van der Waals surface area contributed by atoms with Crippen molar-refractivity contribution in [3.05, 3.63) is 0 Å². The third kappa shape index (κ3) is 3.87. The Balaban J connectivity index is 2.03. The van der Waals surface area contributed by atoms with Crippen molar-refractivity contribution in [1.82, 2.24) is 9.80 Å². The van der Waals surface area contributed by atoms with Crippen LogP contribution in [0.15, 0.2) is 0 Å². The molecule has 21 heavy (non-hydrogen) atoms. The molecular formula is C15H26N2O4. The van der Waals surface area contributed by atoms with Crippen LogP contribution in [0.5, 0.6) is 0 Å². The van der Waals surface area contributed by atoms with Crippen LogP contribution in [0.4, 0.5) is 4.79 Å². The molecule has 1 saturated heterocycles. The highest BCUT2D eigenvalue weighted by Crippen LogP contribution is 2.28. The number of carbonyl (C=O) groups is 2. The molecule has 1 aliphatic carbocycles. The Hall–Kier alpha value is -1.30. The number of morpholine rings is 1. The van der Waals surface area contributed by atoms with Crippen LogP contribution >= 0.6 is 0 Å². The molecule has 2 amide bonds. The first-order valence-corrected chi connectivity index (χ1v) is 7.83. The lowest BCUT2D eigenvalue weighted by Gasteiger charge is -2.42. The maximum Gasteiger partial charge on any atom is 0.320 e. The van der Waals surface area contributed by atoms with Gasteiger partial charge in [-0.1, -0.05) is 19.8 Å². The summed E-state index contributed by atoms with van der Waals surface area (Å²) < 4.78 is 5.33. The minimum absolute atomic E-state index is 0.0525. The summed E-state index contributed by atoms with van der Waals surface area (Å²) in [5, 5.41) is 8.99. The third-order valence-corrected chi connectivity index (χ3v) is 4.75. The van der Waals surface area contributed by atoms with Gasteiger partial charge in [0.2, 0.25) is 0 Å². The fraction of sp³-hybridized carbons (Fsp3) is 0.867. The largest absolute Gasteiger partial charge is 0.481 e. The second-order valence-corrected chi connectivity index (χ2v) is 6.24. The Morgan fingerprint density at radius 3 is 2.71 bits per heavy atom. The van der Waals surface area contributed by atoms with Gasteiger partial charge in [0, 0.05) is 19.6 Å². The summed E-state index contributed by atoms with van der Waals surface area (Å²) in [6.07, 6.45) is 4.54. The summed E-state index contributed by atoms with van der Waals surface area (Å²) >= 11 is 0. The maximum atomic E-state index is 12.7. The molecule has 2 rings (SSSR count). The van der Waals surface area contributed by atoms with Gasteiger partial charge in [0.25, 0.3) is 0 Å². The minimum atomic E-state index is -0.892. The lowest BCUT2D eigenvalue weighted by molar-refractivity contribution is -0.139. The van der Waals surface area contributed by atoms with Crippen molar-refractivity contribution in [1.29, 1.82) is 0 Å². The summed E-state index contributed by atoms with van der Waals surface area (Å²) in [7, 11) is 1.85. The highest BCUT2D eigenvalue weighted by atomic mass is 16.5. The standard InChI is InChI=1S/C15H26N2O4/c1-11-5-3-4-6-13(11)16(2)15(20)17-7-8-21-10-12(17)9-14(18)19/h11-13H,3-10H2,1-2H3,(H,18,19). The van der Waals surface area contributed by atoms with Gasteiger partial charge < -0.3 is 19.6 Å². The Bertz CT molecular complexity index is 388. The van der Waals surface area contributed by atoms with Gasteiger partial charge in [-0.3, -0.25) is 4.79 Å². The highest BCUT2D eigenvalue weighted by molar-refractivity contribution is 5.76. The first-order chi connectivity index (χ1) is 10.0. The second kappa shape index (κ2) is 7.11. The average Bonchev–Trinajstić information content (AvgIpc) is 2.46. The van der Waals surface area contributed by atoms with E-state index in [1.807, 2.05) is 11.9 Å². The normalized spacial score (nSPS) is 30.0. The van der Waals surface area contributed by atoms with Gasteiger partial charge in [-0.05, 0) is 18.8 Å². The topological polar surface area (TPSA) is 70.1 Å². The lowest BCUT2D eigenvalue weighted by Crippen LogP contribution is -2.56. The van der Waals surface area contributed by atoms with E-state index in [9.17, 15) is 9.59 Å². The molecule has 3 atom stereocenters. The summed E-state index contributed by atoms with van der Waals surface area (Å²) in [6.45, 7) is 3.46.